The van der Waals surface area contributed by atoms with Gasteiger partial charge in [-0.05, 0) is 44.1 Å². The number of fused-ring (bicyclic) bond motifs is 1. The summed E-state index contributed by atoms with van der Waals surface area (Å²) in [6, 6.07) is 8.92. The first kappa shape index (κ1) is 13.7. The lowest BCUT2D eigenvalue weighted by Gasteiger charge is -2.44. The lowest BCUT2D eigenvalue weighted by atomic mass is 9.78. The van der Waals surface area contributed by atoms with Gasteiger partial charge in [0.25, 0.3) is 0 Å². The van der Waals surface area contributed by atoms with Gasteiger partial charge < -0.3 is 4.90 Å². The Bertz CT molecular complexity index is 463. The molecule has 1 heterocycles. The van der Waals surface area contributed by atoms with Gasteiger partial charge in [0.15, 0.2) is 0 Å². The van der Waals surface area contributed by atoms with E-state index in [9.17, 15) is 4.79 Å². The third-order valence-corrected chi connectivity index (χ3v) is 5.04. The molecular formula is C18H25NO. The molecule has 108 valence electrons. The van der Waals surface area contributed by atoms with Crippen molar-refractivity contribution in [3.8, 4) is 0 Å². The third-order valence-electron chi connectivity index (χ3n) is 5.04. The van der Waals surface area contributed by atoms with Gasteiger partial charge >= 0.3 is 0 Å². The van der Waals surface area contributed by atoms with Crippen LogP contribution in [0.3, 0.4) is 0 Å². The van der Waals surface area contributed by atoms with Crippen molar-refractivity contribution in [2.45, 2.75) is 57.9 Å². The minimum Gasteiger partial charge on any atom is -0.339 e. The molecule has 3 rings (SSSR count). The van der Waals surface area contributed by atoms with Crippen LogP contribution >= 0.6 is 0 Å². The molecule has 1 saturated carbocycles. The highest BCUT2D eigenvalue weighted by molar-refractivity contribution is 5.79. The summed E-state index contributed by atoms with van der Waals surface area (Å²) in [5, 5.41) is 0. The number of benzene rings is 1. The number of hydrogen-bond donors (Lipinski definition) is 0. The molecule has 2 nitrogen and oxygen atoms in total. The monoisotopic (exact) mass is 271 g/mol. The summed E-state index contributed by atoms with van der Waals surface area (Å²) in [6.07, 6.45) is 8.32. The molecule has 1 aliphatic carbocycles. The second-order valence-corrected chi connectivity index (χ2v) is 6.50. The van der Waals surface area contributed by atoms with E-state index < -0.39 is 0 Å². The Balaban J connectivity index is 1.67. The number of hydrogen-bond acceptors (Lipinski definition) is 1. The van der Waals surface area contributed by atoms with Crippen molar-refractivity contribution in [1.82, 2.24) is 4.90 Å². The number of carbonyl (C=O) groups excluding carboxylic acids is 1. The number of likely N-dealkylation sites (tertiary alicyclic amines) is 1. The van der Waals surface area contributed by atoms with Gasteiger partial charge in [-0.2, -0.15) is 0 Å². The second-order valence-electron chi connectivity index (χ2n) is 6.50. The largest absolute Gasteiger partial charge is 0.339 e. The van der Waals surface area contributed by atoms with Crippen LogP contribution in [0.2, 0.25) is 0 Å². The summed E-state index contributed by atoms with van der Waals surface area (Å²) in [6.45, 7) is 3.06. The standard InChI is InChI=1S/C18H25NO/c1-14-8-10-15(11-9-14)13-18(20)19-12-4-6-16-5-2-3-7-17(16)19/h8-11,16-17H,2-7,12-13H2,1H3. The Morgan fingerprint density at radius 2 is 1.80 bits per heavy atom. The quantitative estimate of drug-likeness (QED) is 0.803. The molecule has 2 aliphatic rings. The van der Waals surface area contributed by atoms with E-state index in [4.69, 9.17) is 0 Å². The van der Waals surface area contributed by atoms with Gasteiger partial charge in [-0.25, -0.2) is 0 Å². The molecule has 2 fully saturated rings. The summed E-state index contributed by atoms with van der Waals surface area (Å²) >= 11 is 0. The van der Waals surface area contributed by atoms with E-state index in [1.807, 2.05) is 0 Å². The lowest BCUT2D eigenvalue weighted by Crippen LogP contribution is -2.50. The lowest BCUT2D eigenvalue weighted by molar-refractivity contribution is -0.136. The molecule has 1 aliphatic heterocycles. The third kappa shape index (κ3) is 2.89. The SMILES string of the molecule is Cc1ccc(CC(=O)N2CCCC3CCCCC32)cc1. The van der Waals surface area contributed by atoms with E-state index >= 15 is 0 Å². The average molecular weight is 271 g/mol. The van der Waals surface area contributed by atoms with Crippen LogP contribution in [0.1, 0.15) is 49.7 Å². The van der Waals surface area contributed by atoms with Gasteiger partial charge in [0, 0.05) is 12.6 Å². The zero-order valence-electron chi connectivity index (χ0n) is 12.5. The molecule has 0 aromatic heterocycles. The Morgan fingerprint density at radius 1 is 1.10 bits per heavy atom. The number of nitrogens with zero attached hydrogens (tertiary/aromatic N) is 1. The van der Waals surface area contributed by atoms with Crippen LogP contribution in [0.4, 0.5) is 0 Å². The molecule has 1 aromatic carbocycles. The number of amides is 1. The number of rotatable bonds is 2. The van der Waals surface area contributed by atoms with Crippen molar-refractivity contribution in [3.05, 3.63) is 35.4 Å². The van der Waals surface area contributed by atoms with Gasteiger partial charge in [-0.1, -0.05) is 42.7 Å². The molecule has 1 saturated heterocycles. The van der Waals surface area contributed by atoms with Gasteiger partial charge in [0.1, 0.15) is 0 Å². The van der Waals surface area contributed by atoms with Crippen LogP contribution in [0.5, 0.6) is 0 Å². The number of carbonyl (C=O) groups is 1. The molecule has 1 aromatic rings. The Hall–Kier alpha value is -1.31. The fourth-order valence-electron chi connectivity index (χ4n) is 3.92. The molecule has 0 bridgehead atoms. The highest BCUT2D eigenvalue weighted by Gasteiger charge is 2.35. The van der Waals surface area contributed by atoms with E-state index in [0.717, 1.165) is 18.0 Å². The predicted molar refractivity (Wildman–Crippen MR) is 81.6 cm³/mol. The molecular weight excluding hydrogens is 246 g/mol. The first-order valence-corrected chi connectivity index (χ1v) is 8.09. The van der Waals surface area contributed by atoms with Crippen molar-refractivity contribution in [2.24, 2.45) is 5.92 Å². The Kier molecular flexibility index (Phi) is 4.09. The van der Waals surface area contributed by atoms with Gasteiger partial charge in [0.05, 0.1) is 6.42 Å². The number of aryl methyl sites for hydroxylation is 1. The van der Waals surface area contributed by atoms with Crippen molar-refractivity contribution < 1.29 is 4.79 Å². The average Bonchev–Trinajstić information content (AvgIpc) is 2.49. The van der Waals surface area contributed by atoms with Crippen LogP contribution in [0, 0.1) is 12.8 Å². The second kappa shape index (κ2) is 5.99. The highest BCUT2D eigenvalue weighted by Crippen LogP contribution is 2.35. The van der Waals surface area contributed by atoms with Crippen molar-refractivity contribution in [2.75, 3.05) is 6.54 Å². The van der Waals surface area contributed by atoms with Crippen LogP contribution < -0.4 is 0 Å². The first-order chi connectivity index (χ1) is 9.74. The van der Waals surface area contributed by atoms with E-state index in [1.54, 1.807) is 0 Å². The number of piperidine rings is 1. The highest BCUT2D eigenvalue weighted by atomic mass is 16.2. The smallest absolute Gasteiger partial charge is 0.227 e. The predicted octanol–water partition coefficient (Wildman–Crippen LogP) is 3.72. The summed E-state index contributed by atoms with van der Waals surface area (Å²) < 4.78 is 0. The molecule has 0 N–H and O–H groups in total. The molecule has 2 atom stereocenters. The summed E-state index contributed by atoms with van der Waals surface area (Å²) in [5.74, 6) is 1.12. The normalized spacial score (nSPS) is 26.1. The summed E-state index contributed by atoms with van der Waals surface area (Å²) in [7, 11) is 0. The van der Waals surface area contributed by atoms with Crippen LogP contribution in [-0.2, 0) is 11.2 Å². The first-order valence-electron chi connectivity index (χ1n) is 8.09. The fraction of sp³-hybridized carbons (Fsp3) is 0.611. The summed E-state index contributed by atoms with van der Waals surface area (Å²) in [5.41, 5.74) is 2.41. The molecule has 2 heteroatoms. The van der Waals surface area contributed by atoms with Crippen LogP contribution in [-0.4, -0.2) is 23.4 Å². The molecule has 0 spiro atoms. The van der Waals surface area contributed by atoms with E-state index in [-0.39, 0.29) is 0 Å². The molecule has 1 amide bonds. The van der Waals surface area contributed by atoms with Crippen molar-refractivity contribution in [1.29, 1.82) is 0 Å². The maximum atomic E-state index is 12.6. The summed E-state index contributed by atoms with van der Waals surface area (Å²) in [4.78, 5) is 14.8. The maximum Gasteiger partial charge on any atom is 0.227 e. The Labute approximate surface area is 122 Å². The van der Waals surface area contributed by atoms with Crippen molar-refractivity contribution in [3.63, 3.8) is 0 Å². The molecule has 2 unspecified atom stereocenters. The fourth-order valence-corrected chi connectivity index (χ4v) is 3.92. The van der Waals surface area contributed by atoms with Gasteiger partial charge in [-0.15, -0.1) is 0 Å². The molecule has 0 radical (unpaired) electrons. The van der Waals surface area contributed by atoms with Crippen LogP contribution in [0.25, 0.3) is 0 Å². The zero-order valence-corrected chi connectivity index (χ0v) is 12.5. The van der Waals surface area contributed by atoms with Gasteiger partial charge in [0.2, 0.25) is 5.91 Å². The van der Waals surface area contributed by atoms with E-state index in [0.29, 0.717) is 18.4 Å². The zero-order chi connectivity index (χ0) is 13.9. The van der Waals surface area contributed by atoms with Gasteiger partial charge in [-0.3, -0.25) is 4.79 Å². The minimum atomic E-state index is 0.338. The van der Waals surface area contributed by atoms with E-state index in [2.05, 4.69) is 36.1 Å². The topological polar surface area (TPSA) is 20.3 Å². The minimum absolute atomic E-state index is 0.338. The van der Waals surface area contributed by atoms with Crippen molar-refractivity contribution >= 4 is 5.91 Å². The maximum absolute atomic E-state index is 12.6. The van der Waals surface area contributed by atoms with Crippen LogP contribution in [0.15, 0.2) is 24.3 Å². The van der Waals surface area contributed by atoms with E-state index in [1.165, 1.54) is 44.1 Å². The molecule has 20 heavy (non-hydrogen) atoms. The Morgan fingerprint density at radius 3 is 2.60 bits per heavy atom.